The molecule has 234 valence electrons. The van der Waals surface area contributed by atoms with E-state index < -0.39 is 23.8 Å². The summed E-state index contributed by atoms with van der Waals surface area (Å²) >= 11 is 0. The van der Waals surface area contributed by atoms with Gasteiger partial charge in [0.25, 0.3) is 0 Å². The fourth-order valence-electron chi connectivity index (χ4n) is 4.88. The van der Waals surface area contributed by atoms with Crippen molar-refractivity contribution in [2.24, 2.45) is 5.92 Å². The van der Waals surface area contributed by atoms with Crippen molar-refractivity contribution < 1.29 is 19.1 Å². The van der Waals surface area contributed by atoms with Crippen LogP contribution in [0.15, 0.2) is 54.6 Å². The monoisotopic (exact) mass is 589 g/mol. The van der Waals surface area contributed by atoms with Gasteiger partial charge in [-0.2, -0.15) is 0 Å². The lowest BCUT2D eigenvalue weighted by atomic mass is 9.95. The van der Waals surface area contributed by atoms with E-state index in [4.69, 9.17) is 11.2 Å². The second kappa shape index (κ2) is 17.4. The maximum absolute atomic E-state index is 14.7. The lowest BCUT2D eigenvalue weighted by Gasteiger charge is -2.39. The number of carbonyl (C=O) groups is 3. The zero-order chi connectivity index (χ0) is 32.0. The number of benzene rings is 2. The highest BCUT2D eigenvalue weighted by molar-refractivity contribution is 5.92. The summed E-state index contributed by atoms with van der Waals surface area (Å²) in [6, 6.07) is 14.6. The van der Waals surface area contributed by atoms with Crippen molar-refractivity contribution in [2.45, 2.75) is 111 Å². The Bertz CT molecular complexity index is 1200. The van der Waals surface area contributed by atoms with Crippen molar-refractivity contribution in [3.8, 4) is 12.3 Å². The fraction of sp³-hybridized carbons (Fsp3) is 0.528. The Balaban J connectivity index is 2.61. The molecule has 7 heteroatoms. The van der Waals surface area contributed by atoms with Crippen LogP contribution < -0.4 is 10.6 Å². The van der Waals surface area contributed by atoms with E-state index in [-0.39, 0.29) is 24.3 Å². The van der Waals surface area contributed by atoms with Crippen molar-refractivity contribution in [3.63, 3.8) is 0 Å². The lowest BCUT2D eigenvalue weighted by molar-refractivity contribution is -0.145. The van der Waals surface area contributed by atoms with Gasteiger partial charge in [-0.3, -0.25) is 9.59 Å². The van der Waals surface area contributed by atoms with Crippen molar-refractivity contribution in [2.75, 3.05) is 6.54 Å². The van der Waals surface area contributed by atoms with Crippen LogP contribution in [0.5, 0.6) is 0 Å². The summed E-state index contributed by atoms with van der Waals surface area (Å²) in [7, 11) is 0. The third kappa shape index (κ3) is 12.2. The maximum atomic E-state index is 14.7. The fourth-order valence-corrected chi connectivity index (χ4v) is 4.88. The molecule has 0 heterocycles. The molecular formula is C36H51N3O4. The van der Waals surface area contributed by atoms with Crippen LogP contribution in [-0.4, -0.2) is 47.0 Å². The molecule has 2 N–H and O–H groups in total. The minimum absolute atomic E-state index is 0.243. The molecule has 0 aromatic heterocycles. The van der Waals surface area contributed by atoms with E-state index in [1.165, 1.54) is 0 Å². The summed E-state index contributed by atoms with van der Waals surface area (Å²) in [6.45, 7) is 14.2. The zero-order valence-corrected chi connectivity index (χ0v) is 27.1. The molecule has 2 rings (SSSR count). The number of hydrogen-bond donors (Lipinski definition) is 2. The molecule has 0 radical (unpaired) electrons. The van der Waals surface area contributed by atoms with Crippen LogP contribution in [0, 0.1) is 18.3 Å². The molecule has 3 amide bonds. The molecule has 0 aliphatic rings. The molecule has 43 heavy (non-hydrogen) atoms. The summed E-state index contributed by atoms with van der Waals surface area (Å²) < 4.78 is 5.55. The zero-order valence-electron chi connectivity index (χ0n) is 27.1. The topological polar surface area (TPSA) is 87.7 Å². The number of rotatable bonds is 15. The molecule has 7 nitrogen and oxygen atoms in total. The van der Waals surface area contributed by atoms with Gasteiger partial charge in [-0.1, -0.05) is 82.0 Å². The van der Waals surface area contributed by atoms with Crippen molar-refractivity contribution in [3.05, 3.63) is 71.3 Å². The average molecular weight is 590 g/mol. The van der Waals surface area contributed by atoms with Crippen LogP contribution in [0.25, 0.3) is 0 Å². The van der Waals surface area contributed by atoms with Crippen LogP contribution in [0.3, 0.4) is 0 Å². The summed E-state index contributed by atoms with van der Waals surface area (Å²) in [5.41, 5.74) is 1.48. The molecule has 0 aliphatic heterocycles. The first-order valence-electron chi connectivity index (χ1n) is 15.6. The Labute approximate surface area is 259 Å². The Morgan fingerprint density at radius 3 is 2.16 bits per heavy atom. The smallest absolute Gasteiger partial charge is 0.408 e. The van der Waals surface area contributed by atoms with Crippen molar-refractivity contribution >= 4 is 17.9 Å². The molecule has 0 saturated heterocycles. The normalized spacial score (nSPS) is 13.4. The number of ether oxygens (including phenoxy) is 1. The summed E-state index contributed by atoms with van der Waals surface area (Å²) in [5, 5.41) is 5.91. The van der Waals surface area contributed by atoms with Gasteiger partial charge in [0.05, 0.1) is 0 Å². The van der Waals surface area contributed by atoms with E-state index in [9.17, 15) is 14.4 Å². The van der Waals surface area contributed by atoms with Gasteiger partial charge in [0.2, 0.25) is 11.8 Å². The second-order valence-electron chi connectivity index (χ2n) is 12.6. The van der Waals surface area contributed by atoms with Crippen molar-refractivity contribution in [1.29, 1.82) is 0 Å². The van der Waals surface area contributed by atoms with Crippen LogP contribution in [0.4, 0.5) is 4.79 Å². The Morgan fingerprint density at radius 2 is 1.60 bits per heavy atom. The summed E-state index contributed by atoms with van der Waals surface area (Å²) in [6.07, 6.45) is 9.60. The van der Waals surface area contributed by atoms with Gasteiger partial charge in [0.15, 0.2) is 0 Å². The third-order valence-corrected chi connectivity index (χ3v) is 7.16. The Hall–Kier alpha value is -3.79. The van der Waals surface area contributed by atoms with Crippen LogP contribution >= 0.6 is 0 Å². The minimum Gasteiger partial charge on any atom is -0.444 e. The second-order valence-corrected chi connectivity index (χ2v) is 12.6. The molecule has 2 aromatic rings. The quantitative estimate of drug-likeness (QED) is 0.177. The largest absolute Gasteiger partial charge is 0.444 e. The van der Waals surface area contributed by atoms with Crippen molar-refractivity contribution in [1.82, 2.24) is 15.5 Å². The van der Waals surface area contributed by atoms with E-state index in [0.29, 0.717) is 30.0 Å². The summed E-state index contributed by atoms with van der Waals surface area (Å²) in [4.78, 5) is 43.4. The first kappa shape index (κ1) is 35.4. The van der Waals surface area contributed by atoms with E-state index in [1.54, 1.807) is 37.8 Å². The maximum Gasteiger partial charge on any atom is 0.408 e. The molecule has 3 atom stereocenters. The highest BCUT2D eigenvalue weighted by atomic mass is 16.6. The number of nitrogens with one attached hydrogen (secondary N) is 2. The Kier molecular flexibility index (Phi) is 14.3. The van der Waals surface area contributed by atoms with Gasteiger partial charge in [0, 0.05) is 24.6 Å². The molecule has 3 unspecified atom stereocenters. The number of nitrogens with zero attached hydrogens (tertiary/aromatic N) is 1. The first-order chi connectivity index (χ1) is 20.4. The van der Waals surface area contributed by atoms with E-state index in [1.807, 2.05) is 49.4 Å². The van der Waals surface area contributed by atoms with Gasteiger partial charge in [-0.05, 0) is 76.1 Å². The number of hydrogen-bond acceptors (Lipinski definition) is 4. The van der Waals surface area contributed by atoms with E-state index in [2.05, 4.69) is 37.3 Å². The van der Waals surface area contributed by atoms with E-state index in [0.717, 1.165) is 31.2 Å². The van der Waals surface area contributed by atoms with Gasteiger partial charge in [-0.15, -0.1) is 6.42 Å². The van der Waals surface area contributed by atoms with Gasteiger partial charge in [-0.25, -0.2) is 4.79 Å². The van der Waals surface area contributed by atoms with Gasteiger partial charge >= 0.3 is 6.09 Å². The number of alkyl carbamates (subject to hydrolysis) is 1. The first-order valence-corrected chi connectivity index (χ1v) is 15.6. The molecular weight excluding hydrogens is 538 g/mol. The number of terminal acetylenes is 1. The molecule has 0 saturated carbocycles. The van der Waals surface area contributed by atoms with Crippen LogP contribution in [-0.2, 0) is 20.7 Å². The van der Waals surface area contributed by atoms with Gasteiger partial charge < -0.3 is 20.3 Å². The van der Waals surface area contributed by atoms with Gasteiger partial charge in [0.1, 0.15) is 17.7 Å². The average Bonchev–Trinajstić information content (AvgIpc) is 2.95. The minimum atomic E-state index is -0.959. The molecule has 0 aliphatic carbocycles. The SMILES string of the molecule is C#Cc1ccc(C(C(=O)NCCCCC)N(C(=O)C(Cc2ccccc2)NC(=O)OC(C)(C)C)C(C)CCC(C)C)cc1. The number of unbranched alkanes of at least 4 members (excludes halogenated alkanes) is 2. The van der Waals surface area contributed by atoms with E-state index >= 15 is 0 Å². The van der Waals surface area contributed by atoms with Crippen LogP contribution in [0.2, 0.25) is 0 Å². The highest BCUT2D eigenvalue weighted by Crippen LogP contribution is 2.28. The number of amides is 3. The molecule has 0 spiro atoms. The highest BCUT2D eigenvalue weighted by Gasteiger charge is 2.39. The molecule has 0 fully saturated rings. The lowest BCUT2D eigenvalue weighted by Crippen LogP contribution is -2.56. The van der Waals surface area contributed by atoms with Crippen LogP contribution in [0.1, 0.15) is 103 Å². The molecule has 0 bridgehead atoms. The predicted octanol–water partition coefficient (Wildman–Crippen LogP) is 6.80. The molecule has 2 aromatic carbocycles. The third-order valence-electron chi connectivity index (χ3n) is 7.16. The standard InChI is InChI=1S/C36H51N3O4/c1-9-11-15-24-37-33(40)32(30-22-20-28(10-2)21-23-30)39(27(5)19-18-26(3)4)34(41)31(25-29-16-13-12-14-17-29)38-35(42)43-36(6,7)8/h2,12-14,16-17,20-23,26-27,31-32H,9,11,15,18-19,24-25H2,1,3-8H3,(H,37,40)(H,38,42). The predicted molar refractivity (Wildman–Crippen MR) is 173 cm³/mol. The summed E-state index contributed by atoms with van der Waals surface area (Å²) in [5.74, 6) is 2.43. The Morgan fingerprint density at radius 1 is 0.953 bits per heavy atom. The number of carbonyl (C=O) groups excluding carboxylic acids is 3.